The molecule has 0 unspecified atom stereocenters. The fourth-order valence-corrected chi connectivity index (χ4v) is 2.88. The third-order valence-electron chi connectivity index (χ3n) is 4.16. The zero-order valence-electron chi connectivity index (χ0n) is 15.1. The molecule has 4 rings (SSSR count). The zero-order valence-corrected chi connectivity index (χ0v) is 15.1. The fraction of sp³-hybridized carbons (Fsp3) is 0.0870. The Bertz CT molecular complexity index is 1120. The number of esters is 1. The van der Waals surface area contributed by atoms with E-state index in [0.29, 0.717) is 11.1 Å². The summed E-state index contributed by atoms with van der Waals surface area (Å²) >= 11 is 0. The summed E-state index contributed by atoms with van der Waals surface area (Å²) in [5.74, 6) is 0.752. The fourth-order valence-electron chi connectivity index (χ4n) is 2.88. The van der Waals surface area contributed by atoms with E-state index in [4.69, 9.17) is 9.84 Å². The predicted octanol–water partition coefficient (Wildman–Crippen LogP) is 5.32. The first-order valence-corrected chi connectivity index (χ1v) is 8.53. The average molecular weight is 360 g/mol. The maximum atomic E-state index is 11.0. The zero-order chi connectivity index (χ0) is 19.4. The Morgan fingerprint density at radius 1 is 0.815 bits per heavy atom. The number of rotatable bonds is 1. The average Bonchev–Trinajstić information content (AvgIpc) is 2.65. The summed E-state index contributed by atoms with van der Waals surface area (Å²) in [6.07, 6.45) is 0. The van der Waals surface area contributed by atoms with Crippen LogP contribution in [-0.2, 0) is 4.79 Å². The first-order valence-electron chi connectivity index (χ1n) is 8.53. The quantitative estimate of drug-likeness (QED) is 0.356. The lowest BCUT2D eigenvalue weighted by molar-refractivity contribution is -0.131. The van der Waals surface area contributed by atoms with Crippen LogP contribution in [0.25, 0.3) is 21.5 Å². The van der Waals surface area contributed by atoms with Gasteiger partial charge in [0.05, 0.1) is 0 Å². The maximum absolute atomic E-state index is 11.0. The van der Waals surface area contributed by atoms with Gasteiger partial charge in [0.15, 0.2) is 0 Å². The number of aromatic hydroxyl groups is 2. The van der Waals surface area contributed by atoms with Gasteiger partial charge in [-0.05, 0) is 41.5 Å². The maximum Gasteiger partial charge on any atom is 0.308 e. The molecule has 0 aliphatic heterocycles. The van der Waals surface area contributed by atoms with Crippen LogP contribution in [0.15, 0.2) is 72.8 Å². The van der Waals surface area contributed by atoms with Crippen LogP contribution in [0.3, 0.4) is 0 Å². The van der Waals surface area contributed by atoms with Gasteiger partial charge >= 0.3 is 5.97 Å². The van der Waals surface area contributed by atoms with Crippen LogP contribution in [0.2, 0.25) is 0 Å². The van der Waals surface area contributed by atoms with Gasteiger partial charge < -0.3 is 14.9 Å². The molecule has 4 heteroatoms. The van der Waals surface area contributed by atoms with Crippen LogP contribution in [0.5, 0.6) is 17.2 Å². The lowest BCUT2D eigenvalue weighted by atomic mass is 10.1. The van der Waals surface area contributed by atoms with Crippen LogP contribution < -0.4 is 4.74 Å². The van der Waals surface area contributed by atoms with Gasteiger partial charge in [-0.3, -0.25) is 4.79 Å². The van der Waals surface area contributed by atoms with Gasteiger partial charge in [-0.2, -0.15) is 0 Å². The second kappa shape index (κ2) is 7.79. The number of benzene rings is 4. The molecule has 0 fully saturated rings. The first-order chi connectivity index (χ1) is 13.0. The minimum absolute atomic E-state index is 0.170. The van der Waals surface area contributed by atoms with Crippen molar-refractivity contribution in [1.29, 1.82) is 0 Å². The molecule has 0 atom stereocenters. The molecule has 0 aliphatic rings. The van der Waals surface area contributed by atoms with Crippen LogP contribution in [0.4, 0.5) is 0 Å². The molecule has 136 valence electrons. The number of phenols is 2. The van der Waals surface area contributed by atoms with Gasteiger partial charge in [-0.25, -0.2) is 0 Å². The van der Waals surface area contributed by atoms with Crippen molar-refractivity contribution in [3.05, 3.63) is 78.4 Å². The smallest absolute Gasteiger partial charge is 0.308 e. The molecule has 0 aromatic heterocycles. The second-order valence-corrected chi connectivity index (χ2v) is 6.21. The Labute approximate surface area is 157 Å². The number of carbonyl (C=O) groups is 1. The largest absolute Gasteiger partial charge is 0.508 e. The summed E-state index contributed by atoms with van der Waals surface area (Å²) in [4.78, 5) is 11.0. The molecule has 0 amide bonds. The third kappa shape index (κ3) is 4.18. The standard InChI is InChI=1S/C13H12O2.C10H8O2/c1-9-7-8-11-5-3-4-6-12(11)13(9)15-10(2)14;11-8-5-4-7-2-1-3-10(12)9(7)6-8/h3-8H,1-2H3;1-6,11-12H. The van der Waals surface area contributed by atoms with Gasteiger partial charge in [0.25, 0.3) is 0 Å². The van der Waals surface area contributed by atoms with Gasteiger partial charge in [-0.15, -0.1) is 0 Å². The van der Waals surface area contributed by atoms with E-state index in [1.807, 2.05) is 49.4 Å². The molecule has 4 aromatic carbocycles. The van der Waals surface area contributed by atoms with Crippen molar-refractivity contribution in [2.24, 2.45) is 0 Å². The molecule has 4 nitrogen and oxygen atoms in total. The Kier molecular flexibility index (Phi) is 5.27. The SMILES string of the molecule is CC(=O)Oc1c(C)ccc2ccccc12.Oc1ccc2cccc(O)c2c1. The minimum atomic E-state index is -0.283. The number of carbonyl (C=O) groups excluding carboxylic acids is 1. The summed E-state index contributed by atoms with van der Waals surface area (Å²) in [5, 5.41) is 22.2. The van der Waals surface area contributed by atoms with Crippen molar-refractivity contribution in [2.75, 3.05) is 0 Å². The van der Waals surface area contributed by atoms with E-state index in [-0.39, 0.29) is 17.5 Å². The highest BCUT2D eigenvalue weighted by molar-refractivity contribution is 5.91. The van der Waals surface area contributed by atoms with E-state index >= 15 is 0 Å². The van der Waals surface area contributed by atoms with Crippen LogP contribution in [-0.4, -0.2) is 16.2 Å². The Morgan fingerprint density at radius 2 is 1.48 bits per heavy atom. The predicted molar refractivity (Wildman–Crippen MR) is 107 cm³/mol. The summed E-state index contributed by atoms with van der Waals surface area (Å²) in [6.45, 7) is 3.35. The molecule has 27 heavy (non-hydrogen) atoms. The highest BCUT2D eigenvalue weighted by atomic mass is 16.5. The van der Waals surface area contributed by atoms with Crippen LogP contribution in [0.1, 0.15) is 12.5 Å². The molecule has 0 saturated carbocycles. The molecule has 0 radical (unpaired) electrons. The molecule has 0 spiro atoms. The number of hydrogen-bond acceptors (Lipinski definition) is 4. The van der Waals surface area contributed by atoms with Crippen molar-refractivity contribution in [1.82, 2.24) is 0 Å². The van der Waals surface area contributed by atoms with Crippen molar-refractivity contribution < 1.29 is 19.7 Å². The van der Waals surface area contributed by atoms with E-state index in [1.54, 1.807) is 30.3 Å². The first kappa shape index (κ1) is 18.3. The Balaban J connectivity index is 0.000000159. The highest BCUT2D eigenvalue weighted by Crippen LogP contribution is 2.29. The van der Waals surface area contributed by atoms with Gasteiger partial charge in [0.2, 0.25) is 0 Å². The summed E-state index contributed by atoms with van der Waals surface area (Å²) in [6, 6.07) is 22.0. The summed E-state index contributed by atoms with van der Waals surface area (Å²) in [7, 11) is 0. The normalized spacial score (nSPS) is 10.3. The second-order valence-electron chi connectivity index (χ2n) is 6.21. The van der Waals surface area contributed by atoms with E-state index in [1.165, 1.54) is 6.92 Å². The monoisotopic (exact) mass is 360 g/mol. The summed E-state index contributed by atoms with van der Waals surface area (Å²) < 4.78 is 5.22. The lowest BCUT2D eigenvalue weighted by Gasteiger charge is -2.08. The van der Waals surface area contributed by atoms with Gasteiger partial charge in [0, 0.05) is 17.7 Å². The van der Waals surface area contributed by atoms with Crippen molar-refractivity contribution in [3.63, 3.8) is 0 Å². The van der Waals surface area contributed by atoms with E-state index in [9.17, 15) is 9.90 Å². The number of phenolic OH excluding ortho intramolecular Hbond substituents is 2. The van der Waals surface area contributed by atoms with E-state index in [0.717, 1.165) is 21.7 Å². The van der Waals surface area contributed by atoms with E-state index < -0.39 is 0 Å². The number of fused-ring (bicyclic) bond motifs is 2. The lowest BCUT2D eigenvalue weighted by Crippen LogP contribution is -2.03. The molecule has 2 N–H and O–H groups in total. The number of ether oxygens (including phenoxy) is 1. The molecule has 0 aliphatic carbocycles. The van der Waals surface area contributed by atoms with Crippen LogP contribution in [0, 0.1) is 6.92 Å². The van der Waals surface area contributed by atoms with Crippen molar-refractivity contribution in [2.45, 2.75) is 13.8 Å². The number of hydrogen-bond donors (Lipinski definition) is 2. The topological polar surface area (TPSA) is 66.8 Å². The van der Waals surface area contributed by atoms with Crippen molar-refractivity contribution in [3.8, 4) is 17.2 Å². The minimum Gasteiger partial charge on any atom is -0.508 e. The van der Waals surface area contributed by atoms with Gasteiger partial charge in [0.1, 0.15) is 17.2 Å². The molecule has 4 aromatic rings. The molecule has 0 bridgehead atoms. The summed E-state index contributed by atoms with van der Waals surface area (Å²) in [5.41, 5.74) is 0.976. The molecule has 0 heterocycles. The molecular formula is C23H20O4. The Hall–Kier alpha value is -3.53. The van der Waals surface area contributed by atoms with E-state index in [2.05, 4.69) is 0 Å². The van der Waals surface area contributed by atoms with Gasteiger partial charge in [-0.1, -0.05) is 54.6 Å². The molecular weight excluding hydrogens is 340 g/mol. The molecule has 0 saturated heterocycles. The Morgan fingerprint density at radius 3 is 2.26 bits per heavy atom. The highest BCUT2D eigenvalue weighted by Gasteiger charge is 2.07. The van der Waals surface area contributed by atoms with Crippen molar-refractivity contribution >= 4 is 27.5 Å². The number of aryl methyl sites for hydroxylation is 1. The third-order valence-corrected chi connectivity index (χ3v) is 4.16. The van der Waals surface area contributed by atoms with Crippen LogP contribution >= 0.6 is 0 Å².